The molecule has 0 saturated carbocycles. The van der Waals surface area contributed by atoms with Crippen LogP contribution in [0.25, 0.3) is 0 Å². The van der Waals surface area contributed by atoms with Crippen LogP contribution in [-0.2, 0) is 0 Å². The summed E-state index contributed by atoms with van der Waals surface area (Å²) in [6, 6.07) is 3.13. The Hall–Kier alpha value is -0.960. The van der Waals surface area contributed by atoms with Gasteiger partial charge in [0.25, 0.3) is 5.91 Å². The van der Waals surface area contributed by atoms with Gasteiger partial charge in [0.1, 0.15) is 0 Å². The Balaban J connectivity index is 2.54. The van der Waals surface area contributed by atoms with E-state index in [1.54, 1.807) is 12.1 Å². The van der Waals surface area contributed by atoms with E-state index in [4.69, 9.17) is 16.0 Å². The molecule has 1 aromatic heterocycles. The zero-order valence-corrected chi connectivity index (χ0v) is 10.9. The normalized spacial score (nSPS) is 11.9. The van der Waals surface area contributed by atoms with E-state index >= 15 is 0 Å². The largest absolute Gasteiger partial charge is 0.440 e. The first-order valence-corrected chi connectivity index (χ1v) is 5.74. The molecule has 3 nitrogen and oxygen atoms in total. The summed E-state index contributed by atoms with van der Waals surface area (Å²) in [5.74, 6) is 0.526. The van der Waals surface area contributed by atoms with Crippen molar-refractivity contribution in [3.63, 3.8) is 0 Å². The monoisotopic (exact) mass is 243 g/mol. The Morgan fingerprint density at radius 2 is 2.12 bits per heavy atom. The molecule has 1 amide bonds. The first-order chi connectivity index (χ1) is 7.33. The molecule has 0 fully saturated rings. The van der Waals surface area contributed by atoms with Crippen LogP contribution in [0.15, 0.2) is 16.5 Å². The van der Waals surface area contributed by atoms with Crippen LogP contribution in [0.2, 0.25) is 5.22 Å². The van der Waals surface area contributed by atoms with Gasteiger partial charge in [0.2, 0.25) is 0 Å². The van der Waals surface area contributed by atoms with Gasteiger partial charge in [-0.1, -0.05) is 27.7 Å². The fourth-order valence-electron chi connectivity index (χ4n) is 1.04. The second-order valence-corrected chi connectivity index (χ2v) is 5.30. The Labute approximate surface area is 101 Å². The predicted octanol–water partition coefficient (Wildman–Crippen LogP) is 3.35. The van der Waals surface area contributed by atoms with E-state index in [1.165, 1.54) is 0 Å². The molecule has 4 heteroatoms. The minimum Gasteiger partial charge on any atom is -0.440 e. The maximum Gasteiger partial charge on any atom is 0.287 e. The minimum absolute atomic E-state index is 0.0616. The summed E-state index contributed by atoms with van der Waals surface area (Å²) in [6.45, 7) is 9.12. The summed E-state index contributed by atoms with van der Waals surface area (Å²) in [5.41, 5.74) is 0.0616. The zero-order chi connectivity index (χ0) is 12.3. The molecule has 1 aromatic rings. The molecule has 0 aliphatic carbocycles. The van der Waals surface area contributed by atoms with Gasteiger partial charge < -0.3 is 9.73 Å². The molecule has 0 spiro atoms. The quantitative estimate of drug-likeness (QED) is 0.881. The number of furan rings is 1. The first-order valence-electron chi connectivity index (χ1n) is 5.36. The van der Waals surface area contributed by atoms with Crippen LogP contribution < -0.4 is 5.32 Å². The maximum atomic E-state index is 11.7. The van der Waals surface area contributed by atoms with Crippen molar-refractivity contribution >= 4 is 17.5 Å². The maximum absolute atomic E-state index is 11.7. The topological polar surface area (TPSA) is 42.2 Å². The lowest BCUT2D eigenvalue weighted by atomic mass is 9.81. The molecule has 0 unspecified atom stereocenters. The Morgan fingerprint density at radius 1 is 1.50 bits per heavy atom. The third-order valence-electron chi connectivity index (χ3n) is 3.06. The van der Waals surface area contributed by atoms with Crippen LogP contribution in [0.3, 0.4) is 0 Å². The number of carbonyl (C=O) groups excluding carboxylic acids is 1. The number of hydrogen-bond donors (Lipinski definition) is 1. The molecule has 0 atom stereocenters. The SMILES string of the molecule is CC(C)C(C)(C)CNC(=O)c1ccc(Cl)o1. The fourth-order valence-corrected chi connectivity index (χ4v) is 1.18. The van der Waals surface area contributed by atoms with Gasteiger partial charge >= 0.3 is 0 Å². The van der Waals surface area contributed by atoms with Crippen molar-refractivity contribution in [3.05, 3.63) is 23.1 Å². The van der Waals surface area contributed by atoms with Crippen molar-refractivity contribution in [2.24, 2.45) is 11.3 Å². The van der Waals surface area contributed by atoms with Gasteiger partial charge in [-0.2, -0.15) is 0 Å². The molecule has 0 bridgehead atoms. The molecule has 0 aromatic carbocycles. The van der Waals surface area contributed by atoms with E-state index in [9.17, 15) is 4.79 Å². The Morgan fingerprint density at radius 3 is 2.56 bits per heavy atom. The van der Waals surface area contributed by atoms with Crippen LogP contribution in [0, 0.1) is 11.3 Å². The van der Waals surface area contributed by atoms with Crippen molar-refractivity contribution in [3.8, 4) is 0 Å². The van der Waals surface area contributed by atoms with Gasteiger partial charge in [0.15, 0.2) is 11.0 Å². The number of carbonyl (C=O) groups is 1. The van der Waals surface area contributed by atoms with Crippen LogP contribution >= 0.6 is 11.6 Å². The summed E-state index contributed by atoms with van der Waals surface area (Å²) < 4.78 is 5.02. The van der Waals surface area contributed by atoms with Gasteiger partial charge in [-0.05, 0) is 35.1 Å². The van der Waals surface area contributed by atoms with Gasteiger partial charge in [-0.25, -0.2) is 0 Å². The lowest BCUT2D eigenvalue weighted by Gasteiger charge is -2.29. The second-order valence-electron chi connectivity index (χ2n) is 4.93. The number of nitrogens with one attached hydrogen (secondary N) is 1. The Kier molecular flexibility index (Phi) is 4.03. The number of hydrogen-bond acceptors (Lipinski definition) is 2. The standard InChI is InChI=1S/C12H18ClNO2/c1-8(2)12(3,4)7-14-11(15)9-5-6-10(13)16-9/h5-6,8H,7H2,1-4H3,(H,14,15). The summed E-state index contributed by atoms with van der Waals surface area (Å²) in [4.78, 5) is 11.7. The number of amides is 1. The van der Waals surface area contributed by atoms with Crippen molar-refractivity contribution in [1.29, 1.82) is 0 Å². The van der Waals surface area contributed by atoms with Crippen LogP contribution in [0.4, 0.5) is 0 Å². The van der Waals surface area contributed by atoms with Crippen LogP contribution in [0.1, 0.15) is 38.2 Å². The highest BCUT2D eigenvalue weighted by Gasteiger charge is 2.23. The van der Waals surface area contributed by atoms with Gasteiger partial charge in [-0.3, -0.25) is 4.79 Å². The lowest BCUT2D eigenvalue weighted by Crippen LogP contribution is -2.36. The molecule has 0 radical (unpaired) electrons. The first kappa shape index (κ1) is 13.1. The van der Waals surface area contributed by atoms with Crippen LogP contribution in [0.5, 0.6) is 0 Å². The third kappa shape index (κ3) is 3.27. The molecular weight excluding hydrogens is 226 g/mol. The number of rotatable bonds is 4. The average molecular weight is 244 g/mol. The molecule has 1 heterocycles. The average Bonchev–Trinajstić information content (AvgIpc) is 2.61. The summed E-state index contributed by atoms with van der Waals surface area (Å²) in [6.07, 6.45) is 0. The molecular formula is C12H18ClNO2. The van der Waals surface area contributed by atoms with E-state index < -0.39 is 0 Å². The van der Waals surface area contributed by atoms with E-state index in [0.29, 0.717) is 12.5 Å². The van der Waals surface area contributed by atoms with E-state index in [-0.39, 0.29) is 22.3 Å². The summed E-state index contributed by atoms with van der Waals surface area (Å²) in [5, 5.41) is 3.07. The van der Waals surface area contributed by atoms with E-state index in [2.05, 4.69) is 33.0 Å². The highest BCUT2D eigenvalue weighted by molar-refractivity contribution is 6.29. The van der Waals surface area contributed by atoms with E-state index in [1.807, 2.05) is 0 Å². The van der Waals surface area contributed by atoms with Gasteiger partial charge in [0.05, 0.1) is 0 Å². The van der Waals surface area contributed by atoms with Gasteiger partial charge in [0, 0.05) is 6.54 Å². The molecule has 0 aliphatic rings. The Bertz CT molecular complexity index is 369. The predicted molar refractivity (Wildman–Crippen MR) is 64.7 cm³/mol. The zero-order valence-electron chi connectivity index (χ0n) is 10.1. The summed E-state index contributed by atoms with van der Waals surface area (Å²) >= 11 is 5.60. The molecule has 16 heavy (non-hydrogen) atoms. The van der Waals surface area contributed by atoms with Crippen molar-refractivity contribution < 1.29 is 9.21 Å². The van der Waals surface area contributed by atoms with Gasteiger partial charge in [-0.15, -0.1) is 0 Å². The number of halogens is 1. The molecule has 0 aliphatic heterocycles. The minimum atomic E-state index is -0.222. The third-order valence-corrected chi connectivity index (χ3v) is 3.27. The lowest BCUT2D eigenvalue weighted by molar-refractivity contribution is 0.0897. The van der Waals surface area contributed by atoms with Crippen molar-refractivity contribution in [2.45, 2.75) is 27.7 Å². The second kappa shape index (κ2) is 4.91. The van der Waals surface area contributed by atoms with Crippen molar-refractivity contribution in [2.75, 3.05) is 6.54 Å². The molecule has 1 N–H and O–H groups in total. The van der Waals surface area contributed by atoms with Crippen molar-refractivity contribution in [1.82, 2.24) is 5.32 Å². The molecule has 90 valence electrons. The highest BCUT2D eigenvalue weighted by atomic mass is 35.5. The molecule has 0 saturated heterocycles. The summed E-state index contributed by atoms with van der Waals surface area (Å²) in [7, 11) is 0. The van der Waals surface area contributed by atoms with Crippen LogP contribution in [-0.4, -0.2) is 12.5 Å². The highest BCUT2D eigenvalue weighted by Crippen LogP contribution is 2.24. The fraction of sp³-hybridized carbons (Fsp3) is 0.583. The van der Waals surface area contributed by atoms with E-state index in [0.717, 1.165) is 0 Å². The smallest absolute Gasteiger partial charge is 0.287 e. The molecule has 1 rings (SSSR count).